The fourth-order valence-corrected chi connectivity index (χ4v) is 3.07. The largest absolute Gasteiger partial charge is 0.457 e. The van der Waals surface area contributed by atoms with E-state index in [9.17, 15) is 19.7 Å². The number of hydrogen-bond donors (Lipinski definition) is 1. The lowest BCUT2D eigenvalue weighted by Gasteiger charge is -2.07. The van der Waals surface area contributed by atoms with Crippen molar-refractivity contribution in [3.05, 3.63) is 97.7 Å². The van der Waals surface area contributed by atoms with E-state index in [1.807, 2.05) is 11.4 Å². The third-order valence-electron chi connectivity index (χ3n) is 3.88. The van der Waals surface area contributed by atoms with E-state index in [1.54, 1.807) is 42.5 Å². The summed E-state index contributed by atoms with van der Waals surface area (Å²) in [7, 11) is 0. The molecule has 0 aliphatic heterocycles. The molecule has 3 aromatic rings. The van der Waals surface area contributed by atoms with E-state index in [4.69, 9.17) is 4.74 Å². The Balaban J connectivity index is 1.52. The predicted molar refractivity (Wildman–Crippen MR) is 104 cm³/mol. The average molecular weight is 396 g/mol. The van der Waals surface area contributed by atoms with Crippen molar-refractivity contribution in [2.75, 3.05) is 0 Å². The molecule has 0 unspecified atom stereocenters. The number of carbonyl (C=O) groups excluding carboxylic acids is 2. The molecule has 0 bridgehead atoms. The standard InChI is InChI=1S/C20H16N2O5S/c23-19(18-5-2-10-28-18)21-12-14-6-8-16(9-7-14)20(24)27-13-15-3-1-4-17(11-15)22(25)26/h1-11H,12-13H2,(H,21,23). The van der Waals surface area contributed by atoms with Gasteiger partial charge in [-0.25, -0.2) is 4.79 Å². The Morgan fingerprint density at radius 2 is 1.82 bits per heavy atom. The van der Waals surface area contributed by atoms with E-state index in [1.165, 1.54) is 23.5 Å². The van der Waals surface area contributed by atoms with Crippen molar-refractivity contribution in [3.8, 4) is 0 Å². The minimum atomic E-state index is -0.527. The summed E-state index contributed by atoms with van der Waals surface area (Å²) in [5.41, 5.74) is 1.69. The van der Waals surface area contributed by atoms with Crippen molar-refractivity contribution >= 4 is 28.9 Å². The van der Waals surface area contributed by atoms with E-state index in [0.717, 1.165) is 5.56 Å². The molecule has 0 fully saturated rings. The number of rotatable bonds is 7. The molecule has 1 amide bonds. The number of carbonyl (C=O) groups is 2. The molecule has 0 aliphatic rings. The van der Waals surface area contributed by atoms with Crippen LogP contribution in [0, 0.1) is 10.1 Å². The summed E-state index contributed by atoms with van der Waals surface area (Å²) in [4.78, 5) is 35.0. The van der Waals surface area contributed by atoms with Gasteiger partial charge in [-0.1, -0.05) is 30.3 Å². The molecule has 8 heteroatoms. The van der Waals surface area contributed by atoms with Crippen LogP contribution in [0.25, 0.3) is 0 Å². The maximum atomic E-state index is 12.1. The molecule has 2 aromatic carbocycles. The maximum absolute atomic E-state index is 12.1. The van der Waals surface area contributed by atoms with Gasteiger partial charge in [0.05, 0.1) is 15.4 Å². The summed E-state index contributed by atoms with van der Waals surface area (Å²) in [5.74, 6) is -0.670. The van der Waals surface area contributed by atoms with Crippen molar-refractivity contribution in [1.82, 2.24) is 5.32 Å². The summed E-state index contributed by atoms with van der Waals surface area (Å²) in [6, 6.07) is 16.2. The molecule has 142 valence electrons. The second kappa shape index (κ2) is 8.92. The number of ether oxygens (including phenoxy) is 1. The van der Waals surface area contributed by atoms with Gasteiger partial charge in [-0.3, -0.25) is 14.9 Å². The molecule has 1 N–H and O–H groups in total. The number of thiophene rings is 1. The van der Waals surface area contributed by atoms with Crippen LogP contribution < -0.4 is 5.32 Å². The van der Waals surface area contributed by atoms with Crippen molar-refractivity contribution in [2.24, 2.45) is 0 Å². The van der Waals surface area contributed by atoms with Crippen LogP contribution in [-0.4, -0.2) is 16.8 Å². The predicted octanol–water partition coefficient (Wildman–Crippen LogP) is 3.94. The van der Waals surface area contributed by atoms with Crippen molar-refractivity contribution < 1.29 is 19.2 Å². The van der Waals surface area contributed by atoms with Gasteiger partial charge >= 0.3 is 5.97 Å². The Hall–Kier alpha value is -3.52. The minimum absolute atomic E-state index is 0.0532. The molecular formula is C20H16N2O5S. The second-order valence-corrected chi connectivity index (χ2v) is 6.81. The van der Waals surface area contributed by atoms with Crippen LogP contribution in [0.4, 0.5) is 5.69 Å². The Morgan fingerprint density at radius 3 is 2.50 bits per heavy atom. The first-order chi connectivity index (χ1) is 13.5. The van der Waals surface area contributed by atoms with Gasteiger partial charge in [0, 0.05) is 18.7 Å². The first kappa shape index (κ1) is 19.2. The first-order valence-electron chi connectivity index (χ1n) is 8.34. The minimum Gasteiger partial charge on any atom is -0.457 e. The van der Waals surface area contributed by atoms with Crippen molar-refractivity contribution in [1.29, 1.82) is 0 Å². The molecule has 1 heterocycles. The lowest BCUT2D eigenvalue weighted by atomic mass is 10.1. The summed E-state index contributed by atoms with van der Waals surface area (Å²) < 4.78 is 5.21. The Kier molecular flexibility index (Phi) is 6.13. The molecule has 3 rings (SSSR count). The molecule has 0 radical (unpaired) electrons. The first-order valence-corrected chi connectivity index (χ1v) is 9.22. The lowest BCUT2D eigenvalue weighted by Crippen LogP contribution is -2.21. The van der Waals surface area contributed by atoms with Crippen LogP contribution in [0.15, 0.2) is 66.0 Å². The van der Waals surface area contributed by atoms with Crippen LogP contribution in [0.2, 0.25) is 0 Å². The van der Waals surface area contributed by atoms with Crippen LogP contribution in [0.3, 0.4) is 0 Å². The number of benzene rings is 2. The van der Waals surface area contributed by atoms with Crippen LogP contribution in [0.5, 0.6) is 0 Å². The highest BCUT2D eigenvalue weighted by atomic mass is 32.1. The number of nitro benzene ring substituents is 1. The summed E-state index contributed by atoms with van der Waals surface area (Å²) in [6.07, 6.45) is 0. The summed E-state index contributed by atoms with van der Waals surface area (Å²) in [6.45, 7) is 0.291. The molecule has 7 nitrogen and oxygen atoms in total. The van der Waals surface area contributed by atoms with Gasteiger partial charge in [-0.15, -0.1) is 11.3 Å². The second-order valence-electron chi connectivity index (χ2n) is 5.86. The van der Waals surface area contributed by atoms with Gasteiger partial charge in [0.2, 0.25) is 0 Å². The van der Waals surface area contributed by atoms with Crippen molar-refractivity contribution in [3.63, 3.8) is 0 Å². The molecule has 1 aromatic heterocycles. The smallest absolute Gasteiger partial charge is 0.338 e. The lowest BCUT2D eigenvalue weighted by molar-refractivity contribution is -0.384. The van der Waals surface area contributed by atoms with Crippen LogP contribution in [-0.2, 0) is 17.9 Å². The van der Waals surface area contributed by atoms with Crippen LogP contribution >= 0.6 is 11.3 Å². The Labute approximate surface area is 164 Å². The van der Waals surface area contributed by atoms with Gasteiger partial charge < -0.3 is 10.1 Å². The van der Waals surface area contributed by atoms with E-state index in [0.29, 0.717) is 22.5 Å². The number of nitro groups is 1. The highest BCUT2D eigenvalue weighted by molar-refractivity contribution is 7.12. The number of non-ortho nitro benzene ring substituents is 1. The number of nitrogens with zero attached hydrogens (tertiary/aromatic N) is 1. The molecule has 0 spiro atoms. The zero-order valence-corrected chi connectivity index (χ0v) is 15.5. The highest BCUT2D eigenvalue weighted by Crippen LogP contribution is 2.15. The number of amides is 1. The normalized spacial score (nSPS) is 10.3. The average Bonchev–Trinajstić information content (AvgIpc) is 3.26. The van der Waals surface area contributed by atoms with Crippen LogP contribution in [0.1, 0.15) is 31.2 Å². The Morgan fingerprint density at radius 1 is 1.04 bits per heavy atom. The maximum Gasteiger partial charge on any atom is 0.338 e. The fourth-order valence-electron chi connectivity index (χ4n) is 2.43. The zero-order chi connectivity index (χ0) is 19.9. The van der Waals surface area contributed by atoms with Gasteiger partial charge in [-0.05, 0) is 34.7 Å². The van der Waals surface area contributed by atoms with Gasteiger partial charge in [0.25, 0.3) is 11.6 Å². The monoisotopic (exact) mass is 396 g/mol. The summed E-state index contributed by atoms with van der Waals surface area (Å²) >= 11 is 1.37. The van der Waals surface area contributed by atoms with Crippen molar-refractivity contribution in [2.45, 2.75) is 13.2 Å². The third-order valence-corrected chi connectivity index (χ3v) is 4.75. The van der Waals surface area contributed by atoms with Gasteiger partial charge in [-0.2, -0.15) is 0 Å². The molecule has 0 aliphatic carbocycles. The zero-order valence-electron chi connectivity index (χ0n) is 14.7. The molecule has 28 heavy (non-hydrogen) atoms. The molecule has 0 saturated heterocycles. The van der Waals surface area contributed by atoms with Gasteiger partial charge in [0.1, 0.15) is 6.61 Å². The molecule has 0 saturated carbocycles. The van der Waals surface area contributed by atoms with Gasteiger partial charge in [0.15, 0.2) is 0 Å². The number of esters is 1. The molecular weight excluding hydrogens is 380 g/mol. The SMILES string of the molecule is O=C(OCc1cccc([N+](=O)[O-])c1)c1ccc(CNC(=O)c2cccs2)cc1. The molecule has 0 atom stereocenters. The van der Waals surface area contributed by atoms with E-state index in [2.05, 4.69) is 5.32 Å². The quantitative estimate of drug-likeness (QED) is 0.370. The highest BCUT2D eigenvalue weighted by Gasteiger charge is 2.11. The Bertz CT molecular complexity index is 984. The number of nitrogens with one attached hydrogen (secondary N) is 1. The fraction of sp³-hybridized carbons (Fsp3) is 0.100. The van der Waals surface area contributed by atoms with E-state index < -0.39 is 10.9 Å². The van der Waals surface area contributed by atoms with E-state index in [-0.39, 0.29) is 18.2 Å². The third kappa shape index (κ3) is 5.01. The number of hydrogen-bond acceptors (Lipinski definition) is 6. The van der Waals surface area contributed by atoms with E-state index >= 15 is 0 Å². The topological polar surface area (TPSA) is 98.5 Å². The summed E-state index contributed by atoms with van der Waals surface area (Å²) in [5, 5.41) is 15.4.